The topological polar surface area (TPSA) is 105 Å². The summed E-state index contributed by atoms with van der Waals surface area (Å²) < 4.78 is 33.4. The van der Waals surface area contributed by atoms with Crippen LogP contribution >= 0.6 is 0 Å². The molecule has 31 heavy (non-hydrogen) atoms. The number of carbonyl (C=O) groups is 2. The Labute approximate surface area is 182 Å². The predicted octanol–water partition coefficient (Wildman–Crippen LogP) is 2.93. The molecule has 1 heterocycles. The standard InChI is InChI=1S/C22H27N3O5S/c1-14(26)25-11-10-15-12-17(7-8-18(15)25)23-21(27)16-6-9-19(30-5)20(13-16)31(28,29)24-22(2,3)4/h6-9,12-13,24H,10-11H2,1-5H3,(H,23,27). The van der Waals surface area contributed by atoms with Crippen LogP contribution in [0.15, 0.2) is 41.3 Å². The van der Waals surface area contributed by atoms with E-state index in [1.807, 2.05) is 6.07 Å². The quantitative estimate of drug-likeness (QED) is 0.736. The fraction of sp³-hybridized carbons (Fsp3) is 0.364. The van der Waals surface area contributed by atoms with Gasteiger partial charge in [-0.25, -0.2) is 13.1 Å². The second kappa shape index (κ2) is 8.32. The van der Waals surface area contributed by atoms with Gasteiger partial charge in [0.05, 0.1) is 7.11 Å². The normalized spacial score (nSPS) is 13.6. The lowest BCUT2D eigenvalue weighted by Crippen LogP contribution is -2.40. The van der Waals surface area contributed by atoms with Gasteiger partial charge in [-0.1, -0.05) is 0 Å². The van der Waals surface area contributed by atoms with Crippen molar-refractivity contribution in [3.05, 3.63) is 47.5 Å². The molecule has 0 fully saturated rings. The molecule has 0 atom stereocenters. The van der Waals surface area contributed by atoms with Gasteiger partial charge in [-0.05, 0) is 69.2 Å². The molecule has 2 N–H and O–H groups in total. The number of fused-ring (bicyclic) bond motifs is 1. The number of ether oxygens (including phenoxy) is 1. The van der Waals surface area contributed by atoms with Crippen LogP contribution in [0.5, 0.6) is 5.75 Å². The maximum absolute atomic E-state index is 12.8. The molecule has 2 amide bonds. The van der Waals surface area contributed by atoms with Crippen LogP contribution in [0.2, 0.25) is 0 Å². The van der Waals surface area contributed by atoms with Gasteiger partial charge >= 0.3 is 0 Å². The lowest BCUT2D eigenvalue weighted by molar-refractivity contribution is -0.116. The van der Waals surface area contributed by atoms with Crippen molar-refractivity contribution < 1.29 is 22.7 Å². The first-order valence-electron chi connectivity index (χ1n) is 9.86. The zero-order valence-electron chi connectivity index (χ0n) is 18.3. The van der Waals surface area contributed by atoms with Crippen LogP contribution in [0, 0.1) is 0 Å². The van der Waals surface area contributed by atoms with Crippen molar-refractivity contribution in [2.75, 3.05) is 23.9 Å². The largest absolute Gasteiger partial charge is 0.495 e. The molecular formula is C22H27N3O5S. The SMILES string of the molecule is COc1ccc(C(=O)Nc2ccc3c(c2)CCN3C(C)=O)cc1S(=O)(=O)NC(C)(C)C. The number of hydrogen-bond acceptors (Lipinski definition) is 5. The first-order chi connectivity index (χ1) is 14.4. The van der Waals surface area contributed by atoms with Gasteiger partial charge < -0.3 is 15.0 Å². The van der Waals surface area contributed by atoms with Gasteiger partial charge in [0.25, 0.3) is 5.91 Å². The maximum atomic E-state index is 12.8. The predicted molar refractivity (Wildman–Crippen MR) is 119 cm³/mol. The van der Waals surface area contributed by atoms with E-state index in [-0.39, 0.29) is 22.1 Å². The van der Waals surface area contributed by atoms with Crippen molar-refractivity contribution in [1.29, 1.82) is 0 Å². The zero-order valence-corrected chi connectivity index (χ0v) is 19.1. The fourth-order valence-corrected chi connectivity index (χ4v) is 5.11. The number of anilines is 2. The van der Waals surface area contributed by atoms with Crippen LogP contribution in [0.3, 0.4) is 0 Å². The third-order valence-corrected chi connectivity index (χ3v) is 6.55. The highest BCUT2D eigenvalue weighted by molar-refractivity contribution is 7.89. The maximum Gasteiger partial charge on any atom is 0.255 e. The number of rotatable bonds is 5. The van der Waals surface area contributed by atoms with Gasteiger partial charge in [-0.15, -0.1) is 0 Å². The average molecular weight is 446 g/mol. The molecule has 1 aliphatic heterocycles. The number of nitrogens with one attached hydrogen (secondary N) is 2. The van der Waals surface area contributed by atoms with Gasteiger partial charge in [0.2, 0.25) is 15.9 Å². The average Bonchev–Trinajstić information content (AvgIpc) is 3.09. The van der Waals surface area contributed by atoms with E-state index in [9.17, 15) is 18.0 Å². The highest BCUT2D eigenvalue weighted by Gasteiger charge is 2.27. The number of sulfonamides is 1. The summed E-state index contributed by atoms with van der Waals surface area (Å²) in [5, 5.41) is 2.80. The second-order valence-corrected chi connectivity index (χ2v) is 10.1. The number of amides is 2. The number of carbonyl (C=O) groups excluding carboxylic acids is 2. The molecule has 0 saturated heterocycles. The highest BCUT2D eigenvalue weighted by Crippen LogP contribution is 2.31. The van der Waals surface area contributed by atoms with E-state index in [4.69, 9.17) is 4.74 Å². The summed E-state index contributed by atoms with van der Waals surface area (Å²) in [6.45, 7) is 7.33. The van der Waals surface area contributed by atoms with Crippen LogP contribution < -0.4 is 19.7 Å². The van der Waals surface area contributed by atoms with Crippen molar-refractivity contribution >= 4 is 33.2 Å². The molecule has 2 aromatic rings. The van der Waals surface area contributed by atoms with Gasteiger partial charge in [0.1, 0.15) is 10.6 Å². The van der Waals surface area contributed by atoms with E-state index in [2.05, 4.69) is 10.0 Å². The van der Waals surface area contributed by atoms with Gasteiger partial charge in [0, 0.05) is 35.9 Å². The first kappa shape index (κ1) is 22.8. The van der Waals surface area contributed by atoms with Crippen LogP contribution in [0.25, 0.3) is 0 Å². The van der Waals surface area contributed by atoms with E-state index in [1.165, 1.54) is 32.2 Å². The van der Waals surface area contributed by atoms with E-state index >= 15 is 0 Å². The Morgan fingerprint density at radius 2 is 1.81 bits per heavy atom. The molecule has 3 rings (SSSR count). The summed E-state index contributed by atoms with van der Waals surface area (Å²) in [6.07, 6.45) is 0.710. The van der Waals surface area contributed by atoms with E-state index in [0.717, 1.165) is 11.3 Å². The Hall–Kier alpha value is -2.91. The number of hydrogen-bond donors (Lipinski definition) is 2. The Morgan fingerprint density at radius 1 is 1.10 bits per heavy atom. The minimum atomic E-state index is -3.90. The molecule has 9 heteroatoms. The molecule has 0 radical (unpaired) electrons. The molecule has 0 unspecified atom stereocenters. The Morgan fingerprint density at radius 3 is 2.42 bits per heavy atom. The molecular weight excluding hydrogens is 418 g/mol. The van der Waals surface area contributed by atoms with Gasteiger partial charge in [-0.3, -0.25) is 9.59 Å². The van der Waals surface area contributed by atoms with Gasteiger partial charge in [0.15, 0.2) is 0 Å². The third kappa shape index (κ3) is 5.05. The summed E-state index contributed by atoms with van der Waals surface area (Å²) in [5.41, 5.74) is 1.88. The smallest absolute Gasteiger partial charge is 0.255 e. The minimum absolute atomic E-state index is 0.0219. The second-order valence-electron chi connectivity index (χ2n) is 8.44. The number of nitrogens with zero attached hydrogens (tertiary/aromatic N) is 1. The third-order valence-electron chi connectivity index (χ3n) is 4.77. The van der Waals surface area contributed by atoms with Crippen LogP contribution in [-0.2, 0) is 21.2 Å². The molecule has 0 bridgehead atoms. The minimum Gasteiger partial charge on any atom is -0.495 e. The van der Waals surface area contributed by atoms with Crippen molar-refractivity contribution in [2.45, 2.75) is 44.6 Å². The summed E-state index contributed by atoms with van der Waals surface area (Å²) in [6, 6.07) is 9.62. The molecule has 1 aliphatic rings. The van der Waals surface area contributed by atoms with Crippen LogP contribution in [0.1, 0.15) is 43.6 Å². The van der Waals surface area contributed by atoms with E-state index in [0.29, 0.717) is 18.7 Å². The Kier molecular flexibility index (Phi) is 6.11. The lowest BCUT2D eigenvalue weighted by atomic mass is 10.1. The van der Waals surface area contributed by atoms with E-state index in [1.54, 1.807) is 37.8 Å². The molecule has 8 nitrogen and oxygen atoms in total. The van der Waals surface area contributed by atoms with Gasteiger partial charge in [-0.2, -0.15) is 0 Å². The molecule has 0 saturated carbocycles. The number of benzene rings is 2. The summed E-state index contributed by atoms with van der Waals surface area (Å²) in [5.74, 6) is -0.322. The monoisotopic (exact) mass is 445 g/mol. The first-order valence-corrected chi connectivity index (χ1v) is 11.3. The van der Waals surface area contributed by atoms with Crippen molar-refractivity contribution in [3.8, 4) is 5.75 Å². The van der Waals surface area contributed by atoms with Crippen molar-refractivity contribution in [3.63, 3.8) is 0 Å². The number of methoxy groups -OCH3 is 1. The van der Waals surface area contributed by atoms with Crippen molar-refractivity contribution in [2.24, 2.45) is 0 Å². The summed E-state index contributed by atoms with van der Waals surface area (Å²) in [7, 11) is -2.53. The van der Waals surface area contributed by atoms with Crippen LogP contribution in [0.4, 0.5) is 11.4 Å². The zero-order chi connectivity index (χ0) is 23.0. The molecule has 2 aromatic carbocycles. The Bertz CT molecular complexity index is 1140. The summed E-state index contributed by atoms with van der Waals surface area (Å²) >= 11 is 0. The fourth-order valence-electron chi connectivity index (χ4n) is 3.50. The highest BCUT2D eigenvalue weighted by atomic mass is 32.2. The van der Waals surface area contributed by atoms with Crippen LogP contribution in [-0.4, -0.2) is 39.4 Å². The summed E-state index contributed by atoms with van der Waals surface area (Å²) in [4.78, 5) is 26.1. The molecule has 0 aromatic heterocycles. The van der Waals surface area contributed by atoms with Crippen molar-refractivity contribution in [1.82, 2.24) is 4.72 Å². The van der Waals surface area contributed by atoms with E-state index < -0.39 is 21.5 Å². The molecule has 0 aliphatic carbocycles. The Balaban J connectivity index is 1.87. The molecule has 166 valence electrons. The molecule has 0 spiro atoms. The lowest BCUT2D eigenvalue weighted by Gasteiger charge is -2.21.